The largest absolute Gasteiger partial charge is 0.353 e. The van der Waals surface area contributed by atoms with Crippen LogP contribution in [0, 0.1) is 10.1 Å². The predicted molar refractivity (Wildman–Crippen MR) is 130 cm³/mol. The van der Waals surface area contributed by atoms with Crippen LogP contribution in [0.4, 0.5) is 17.1 Å². The van der Waals surface area contributed by atoms with Gasteiger partial charge in [-0.1, -0.05) is 72.8 Å². The minimum atomic E-state index is -0.430. The second kappa shape index (κ2) is 8.88. The summed E-state index contributed by atoms with van der Waals surface area (Å²) in [5.41, 5.74) is 6.68. The molecule has 1 N–H and O–H groups in total. The first-order valence-electron chi connectivity index (χ1n) is 10.6. The molecule has 0 amide bonds. The monoisotopic (exact) mass is 432 g/mol. The normalized spacial score (nSPS) is 11.3. The molecule has 0 unspecified atom stereocenters. The Morgan fingerprint density at radius 2 is 1.39 bits per heavy atom. The molecule has 0 saturated carbocycles. The molecule has 1 aromatic heterocycles. The minimum absolute atomic E-state index is 0.0253. The summed E-state index contributed by atoms with van der Waals surface area (Å²) in [7, 11) is 0. The first kappa shape index (κ1) is 20.3. The fourth-order valence-corrected chi connectivity index (χ4v) is 3.81. The second-order valence-corrected chi connectivity index (χ2v) is 7.73. The number of hydrogen-bond donors (Lipinski definition) is 1. The number of fused-ring (bicyclic) bond motifs is 1. The third-order valence-corrected chi connectivity index (χ3v) is 5.50. The Bertz CT molecular complexity index is 1440. The van der Waals surface area contributed by atoms with Gasteiger partial charge in [-0.15, -0.1) is 5.11 Å². The molecule has 0 bridgehead atoms. The van der Waals surface area contributed by atoms with E-state index in [1.165, 1.54) is 23.3 Å². The van der Waals surface area contributed by atoms with Gasteiger partial charge in [0.15, 0.2) is 0 Å². The molecule has 6 heteroatoms. The van der Waals surface area contributed by atoms with E-state index in [-0.39, 0.29) is 5.69 Å². The number of nitro benzene ring substituents is 1. The summed E-state index contributed by atoms with van der Waals surface area (Å²) < 4.78 is 0. The molecule has 0 radical (unpaired) electrons. The molecule has 0 saturated heterocycles. The molecule has 4 aromatic carbocycles. The minimum Gasteiger partial charge on any atom is -0.353 e. The van der Waals surface area contributed by atoms with E-state index in [4.69, 9.17) is 0 Å². The van der Waals surface area contributed by atoms with Gasteiger partial charge < -0.3 is 4.98 Å². The van der Waals surface area contributed by atoms with E-state index in [1.54, 1.807) is 12.1 Å². The van der Waals surface area contributed by atoms with Gasteiger partial charge in [-0.05, 0) is 35.7 Å². The van der Waals surface area contributed by atoms with Crippen molar-refractivity contribution in [1.82, 2.24) is 4.98 Å². The average Bonchev–Trinajstić information content (AvgIpc) is 3.23. The van der Waals surface area contributed by atoms with Crippen molar-refractivity contribution in [3.63, 3.8) is 0 Å². The van der Waals surface area contributed by atoms with E-state index in [1.807, 2.05) is 30.3 Å². The van der Waals surface area contributed by atoms with Crippen LogP contribution in [0.1, 0.15) is 11.1 Å². The highest BCUT2D eigenvalue weighted by Crippen LogP contribution is 2.38. The maximum atomic E-state index is 10.9. The Morgan fingerprint density at radius 1 is 0.727 bits per heavy atom. The molecule has 5 aromatic rings. The molecular weight excluding hydrogens is 412 g/mol. The number of hydrogen-bond acceptors (Lipinski definition) is 4. The number of H-pyrrole nitrogens is 1. The number of benzene rings is 4. The number of nitrogens with zero attached hydrogens (tertiary/aromatic N) is 3. The maximum Gasteiger partial charge on any atom is 0.269 e. The van der Waals surface area contributed by atoms with Crippen LogP contribution in [0.3, 0.4) is 0 Å². The summed E-state index contributed by atoms with van der Waals surface area (Å²) in [6.07, 6.45) is 0.876. The third-order valence-electron chi connectivity index (χ3n) is 5.50. The van der Waals surface area contributed by atoms with E-state index in [9.17, 15) is 10.1 Å². The maximum absolute atomic E-state index is 10.9. The van der Waals surface area contributed by atoms with E-state index in [2.05, 4.69) is 63.7 Å². The van der Waals surface area contributed by atoms with Gasteiger partial charge in [0.05, 0.1) is 16.3 Å². The van der Waals surface area contributed by atoms with Crippen molar-refractivity contribution in [2.45, 2.75) is 6.42 Å². The molecule has 0 fully saturated rings. The van der Waals surface area contributed by atoms with Crippen LogP contribution in [0.2, 0.25) is 0 Å². The van der Waals surface area contributed by atoms with Crippen LogP contribution >= 0.6 is 0 Å². The number of nitro groups is 1. The SMILES string of the molecule is O=[N+]([O-])c1ccc(N=Nc2c(-c3ccc(Cc4ccccc4)cc3)[nH]c3ccccc23)cc1. The van der Waals surface area contributed by atoms with Gasteiger partial charge >= 0.3 is 0 Å². The Balaban J connectivity index is 1.48. The zero-order valence-electron chi connectivity index (χ0n) is 17.7. The predicted octanol–water partition coefficient (Wildman–Crippen LogP) is 7.75. The van der Waals surface area contributed by atoms with Crippen molar-refractivity contribution in [3.8, 4) is 11.3 Å². The number of nitrogens with one attached hydrogen (secondary N) is 1. The number of rotatable bonds is 6. The van der Waals surface area contributed by atoms with Gasteiger partial charge in [0.1, 0.15) is 5.69 Å². The molecule has 6 nitrogen and oxygen atoms in total. The van der Waals surface area contributed by atoms with Gasteiger partial charge in [0, 0.05) is 28.6 Å². The highest BCUT2D eigenvalue weighted by molar-refractivity contribution is 5.99. The van der Waals surface area contributed by atoms with Crippen molar-refractivity contribution >= 4 is 28.0 Å². The summed E-state index contributed by atoms with van der Waals surface area (Å²) in [5.74, 6) is 0. The van der Waals surface area contributed by atoms with Crippen molar-refractivity contribution in [2.75, 3.05) is 0 Å². The fraction of sp³-hybridized carbons (Fsp3) is 0.0370. The van der Waals surface area contributed by atoms with Crippen LogP contribution in [0.25, 0.3) is 22.2 Å². The van der Waals surface area contributed by atoms with E-state index < -0.39 is 4.92 Å². The average molecular weight is 432 g/mol. The highest BCUT2D eigenvalue weighted by atomic mass is 16.6. The van der Waals surface area contributed by atoms with Crippen LogP contribution < -0.4 is 0 Å². The molecule has 160 valence electrons. The Morgan fingerprint density at radius 3 is 2.12 bits per heavy atom. The molecule has 0 aliphatic heterocycles. The van der Waals surface area contributed by atoms with Crippen LogP contribution in [-0.4, -0.2) is 9.91 Å². The van der Waals surface area contributed by atoms with Crippen molar-refractivity contribution < 1.29 is 4.92 Å². The van der Waals surface area contributed by atoms with E-state index >= 15 is 0 Å². The molecule has 1 heterocycles. The molecule has 5 rings (SSSR count). The molecular formula is C27H20N4O2. The van der Waals surface area contributed by atoms with Gasteiger partial charge in [-0.3, -0.25) is 10.1 Å². The lowest BCUT2D eigenvalue weighted by Gasteiger charge is -2.05. The first-order valence-corrected chi connectivity index (χ1v) is 10.6. The van der Waals surface area contributed by atoms with E-state index in [0.717, 1.165) is 34.3 Å². The lowest BCUT2D eigenvalue weighted by Crippen LogP contribution is -1.88. The van der Waals surface area contributed by atoms with Gasteiger partial charge in [-0.25, -0.2) is 0 Å². The van der Waals surface area contributed by atoms with Crippen LogP contribution in [0.5, 0.6) is 0 Å². The van der Waals surface area contributed by atoms with Gasteiger partial charge in [0.2, 0.25) is 0 Å². The van der Waals surface area contributed by atoms with Gasteiger partial charge in [0.25, 0.3) is 5.69 Å². The van der Waals surface area contributed by atoms with Crippen molar-refractivity contribution in [1.29, 1.82) is 0 Å². The molecule has 0 atom stereocenters. The summed E-state index contributed by atoms with van der Waals surface area (Å²) in [4.78, 5) is 13.9. The number of aromatic amines is 1. The first-order chi connectivity index (χ1) is 16.2. The Labute approximate surface area is 190 Å². The van der Waals surface area contributed by atoms with Crippen molar-refractivity contribution in [3.05, 3.63) is 124 Å². The molecule has 0 spiro atoms. The standard InChI is InChI=1S/C27H20N4O2/c32-31(33)23-16-14-22(15-17-23)29-30-27-24-8-4-5-9-25(24)28-26(27)21-12-10-20(11-13-21)18-19-6-2-1-3-7-19/h1-17,28H,18H2. The van der Waals surface area contributed by atoms with Crippen molar-refractivity contribution in [2.24, 2.45) is 10.2 Å². The fourth-order valence-electron chi connectivity index (χ4n) is 3.81. The lowest BCUT2D eigenvalue weighted by molar-refractivity contribution is -0.384. The molecule has 0 aliphatic rings. The quantitative estimate of drug-likeness (QED) is 0.169. The second-order valence-electron chi connectivity index (χ2n) is 7.73. The van der Waals surface area contributed by atoms with Gasteiger partial charge in [-0.2, -0.15) is 5.11 Å². The number of aromatic nitrogens is 1. The summed E-state index contributed by atoms with van der Waals surface area (Å²) in [6, 6.07) is 32.8. The summed E-state index contributed by atoms with van der Waals surface area (Å²) in [5, 5.41) is 20.7. The highest BCUT2D eigenvalue weighted by Gasteiger charge is 2.13. The molecule has 33 heavy (non-hydrogen) atoms. The Kier molecular flexibility index (Phi) is 5.47. The zero-order valence-corrected chi connectivity index (χ0v) is 17.7. The third kappa shape index (κ3) is 4.41. The number of azo groups is 1. The van der Waals surface area contributed by atoms with Crippen LogP contribution in [0.15, 0.2) is 113 Å². The summed E-state index contributed by atoms with van der Waals surface area (Å²) >= 11 is 0. The lowest BCUT2D eigenvalue weighted by atomic mass is 10.0. The zero-order chi connectivity index (χ0) is 22.6. The topological polar surface area (TPSA) is 83.7 Å². The number of non-ortho nitro benzene ring substituents is 1. The van der Waals surface area contributed by atoms with E-state index in [0.29, 0.717) is 5.69 Å². The van der Waals surface area contributed by atoms with Crippen LogP contribution in [-0.2, 0) is 6.42 Å². The molecule has 0 aliphatic carbocycles. The summed E-state index contributed by atoms with van der Waals surface area (Å²) in [6.45, 7) is 0. The Hall–Kier alpha value is -4.58. The number of para-hydroxylation sites is 1. The smallest absolute Gasteiger partial charge is 0.269 e.